The van der Waals surface area contributed by atoms with Gasteiger partial charge in [-0.05, 0) is 22.0 Å². The van der Waals surface area contributed by atoms with Crippen molar-refractivity contribution in [3.8, 4) is 0 Å². The minimum atomic E-state index is -1.42. The molecule has 0 aliphatic heterocycles. The molecule has 3 nitrogen and oxygen atoms in total. The van der Waals surface area contributed by atoms with Gasteiger partial charge in [-0.25, -0.2) is 4.79 Å². The predicted molar refractivity (Wildman–Crippen MR) is 61.5 cm³/mol. The van der Waals surface area contributed by atoms with Crippen molar-refractivity contribution < 1.29 is 14.7 Å². The molecule has 0 saturated heterocycles. The number of carboxylic acid groups (broad SMARTS) is 1. The van der Waals surface area contributed by atoms with E-state index in [1.165, 1.54) is 11.3 Å². The molecule has 0 amide bonds. The van der Waals surface area contributed by atoms with Crippen molar-refractivity contribution in [3.63, 3.8) is 0 Å². The largest absolute Gasteiger partial charge is 0.475 e. The summed E-state index contributed by atoms with van der Waals surface area (Å²) >= 11 is 4.70. The number of ketones is 1. The van der Waals surface area contributed by atoms with Crippen LogP contribution in [0, 0.1) is 0 Å². The number of fused-ring (bicyclic) bond motifs is 1. The van der Waals surface area contributed by atoms with Crippen molar-refractivity contribution in [1.29, 1.82) is 0 Å². The van der Waals surface area contributed by atoms with Crippen LogP contribution in [-0.2, 0) is 4.79 Å². The van der Waals surface area contributed by atoms with Gasteiger partial charge >= 0.3 is 5.97 Å². The Balaban J connectivity index is 2.69. The van der Waals surface area contributed by atoms with Crippen LogP contribution in [0.1, 0.15) is 10.4 Å². The van der Waals surface area contributed by atoms with Gasteiger partial charge in [-0.15, -0.1) is 11.3 Å². The number of carboxylic acids is 1. The lowest BCUT2D eigenvalue weighted by Crippen LogP contribution is -2.11. The fourth-order valence-electron chi connectivity index (χ4n) is 1.31. The van der Waals surface area contributed by atoms with Crippen LogP contribution in [0.25, 0.3) is 10.1 Å². The van der Waals surface area contributed by atoms with E-state index in [4.69, 9.17) is 5.11 Å². The molecule has 1 aromatic heterocycles. The standard InChI is InChI=1S/C10H5BrO3S/c11-7-3-1-2-5-6(4-15-9(5)7)8(12)10(13)14/h1-4H,(H,13,14). The Morgan fingerprint density at radius 2 is 2.07 bits per heavy atom. The fraction of sp³-hybridized carbons (Fsp3) is 0. The number of hydrogen-bond acceptors (Lipinski definition) is 3. The van der Waals surface area contributed by atoms with Gasteiger partial charge in [0.1, 0.15) is 0 Å². The fourth-order valence-corrected chi connectivity index (χ4v) is 2.91. The molecule has 15 heavy (non-hydrogen) atoms. The molecule has 0 fully saturated rings. The van der Waals surface area contributed by atoms with Crippen molar-refractivity contribution in [2.75, 3.05) is 0 Å². The normalized spacial score (nSPS) is 10.5. The van der Waals surface area contributed by atoms with E-state index in [1.807, 2.05) is 6.07 Å². The van der Waals surface area contributed by atoms with E-state index in [9.17, 15) is 9.59 Å². The van der Waals surface area contributed by atoms with Crippen molar-refractivity contribution >= 4 is 49.1 Å². The third-order valence-corrected chi connectivity index (χ3v) is 3.94. The summed E-state index contributed by atoms with van der Waals surface area (Å²) in [6, 6.07) is 5.37. The number of hydrogen-bond donors (Lipinski definition) is 1. The van der Waals surface area contributed by atoms with Gasteiger partial charge in [0.05, 0.1) is 0 Å². The lowest BCUT2D eigenvalue weighted by atomic mass is 10.1. The van der Waals surface area contributed by atoms with Gasteiger partial charge in [0.2, 0.25) is 0 Å². The molecule has 0 aliphatic rings. The maximum Gasteiger partial charge on any atom is 0.377 e. The summed E-state index contributed by atoms with van der Waals surface area (Å²) in [5.41, 5.74) is 0.254. The number of carbonyl (C=O) groups excluding carboxylic acids is 1. The van der Waals surface area contributed by atoms with Crippen LogP contribution < -0.4 is 0 Å². The zero-order valence-electron chi connectivity index (χ0n) is 7.36. The maximum atomic E-state index is 11.3. The third kappa shape index (κ3) is 1.68. The van der Waals surface area contributed by atoms with Gasteiger partial charge < -0.3 is 5.11 Å². The zero-order chi connectivity index (χ0) is 11.0. The van der Waals surface area contributed by atoms with Crippen LogP contribution in [0.3, 0.4) is 0 Å². The molecule has 5 heteroatoms. The topological polar surface area (TPSA) is 54.4 Å². The SMILES string of the molecule is O=C(O)C(=O)c1csc2c(Br)cccc12. The predicted octanol–water partition coefficient (Wildman–Crippen LogP) is 2.93. The first-order chi connectivity index (χ1) is 7.11. The highest BCUT2D eigenvalue weighted by molar-refractivity contribution is 9.10. The van der Waals surface area contributed by atoms with Crippen LogP contribution in [0.2, 0.25) is 0 Å². The number of carbonyl (C=O) groups is 2. The molecule has 0 aliphatic carbocycles. The van der Waals surface area contributed by atoms with Crippen molar-refractivity contribution in [1.82, 2.24) is 0 Å². The molecule has 0 spiro atoms. The summed E-state index contributed by atoms with van der Waals surface area (Å²) in [4.78, 5) is 21.9. The van der Waals surface area contributed by atoms with Gasteiger partial charge in [-0.2, -0.15) is 0 Å². The zero-order valence-corrected chi connectivity index (χ0v) is 9.76. The Labute approximate surface area is 97.5 Å². The first kappa shape index (κ1) is 10.3. The van der Waals surface area contributed by atoms with Gasteiger partial charge in [0, 0.05) is 25.5 Å². The van der Waals surface area contributed by atoms with Crippen molar-refractivity contribution in [3.05, 3.63) is 33.6 Å². The first-order valence-electron chi connectivity index (χ1n) is 4.04. The molecular weight excluding hydrogens is 280 g/mol. The summed E-state index contributed by atoms with van der Waals surface area (Å²) in [6.45, 7) is 0. The number of rotatable bonds is 2. The Bertz CT molecular complexity index is 559. The van der Waals surface area contributed by atoms with Crippen LogP contribution in [0.5, 0.6) is 0 Å². The molecule has 1 aromatic carbocycles. The van der Waals surface area contributed by atoms with Crippen molar-refractivity contribution in [2.45, 2.75) is 0 Å². The summed E-state index contributed by atoms with van der Waals surface area (Å²) in [7, 11) is 0. The number of benzene rings is 1. The molecule has 0 atom stereocenters. The lowest BCUT2D eigenvalue weighted by molar-refractivity contribution is -0.131. The third-order valence-electron chi connectivity index (χ3n) is 1.99. The summed E-state index contributed by atoms with van der Waals surface area (Å²) in [5.74, 6) is -2.28. The second kappa shape index (κ2) is 3.75. The molecule has 0 radical (unpaired) electrons. The van der Waals surface area contributed by atoms with E-state index in [2.05, 4.69) is 15.9 Å². The minimum Gasteiger partial charge on any atom is -0.475 e. The average Bonchev–Trinajstić information content (AvgIpc) is 2.61. The molecule has 1 heterocycles. The Morgan fingerprint density at radius 3 is 2.73 bits per heavy atom. The second-order valence-corrected chi connectivity index (χ2v) is 4.63. The molecular formula is C10H5BrO3S. The number of thiophene rings is 1. The Morgan fingerprint density at radius 1 is 1.33 bits per heavy atom. The van der Waals surface area contributed by atoms with E-state index < -0.39 is 11.8 Å². The smallest absolute Gasteiger partial charge is 0.377 e. The van der Waals surface area contributed by atoms with Gasteiger partial charge in [0.25, 0.3) is 5.78 Å². The average molecular weight is 285 g/mol. The minimum absolute atomic E-state index is 0.254. The van der Waals surface area contributed by atoms with Gasteiger partial charge in [-0.3, -0.25) is 4.79 Å². The highest BCUT2D eigenvalue weighted by Gasteiger charge is 2.19. The first-order valence-corrected chi connectivity index (χ1v) is 5.72. The van der Waals surface area contributed by atoms with E-state index in [-0.39, 0.29) is 5.56 Å². The summed E-state index contributed by atoms with van der Waals surface area (Å²) < 4.78 is 1.76. The lowest BCUT2D eigenvalue weighted by Gasteiger charge is -1.95. The van der Waals surface area contributed by atoms with Crippen molar-refractivity contribution in [2.24, 2.45) is 0 Å². The van der Waals surface area contributed by atoms with Crippen LogP contribution >= 0.6 is 27.3 Å². The summed E-state index contributed by atoms with van der Waals surface area (Å²) in [6.07, 6.45) is 0. The number of Topliss-reactive ketones (excluding diaryl/α,β-unsaturated/α-hetero) is 1. The van der Waals surface area contributed by atoms with Gasteiger partial charge in [-0.1, -0.05) is 12.1 Å². The van der Waals surface area contributed by atoms with Gasteiger partial charge in [0.15, 0.2) is 0 Å². The highest BCUT2D eigenvalue weighted by Crippen LogP contribution is 2.32. The number of aliphatic carboxylic acids is 1. The molecule has 2 aromatic rings. The molecule has 76 valence electrons. The summed E-state index contributed by atoms with van der Waals surface area (Å²) in [5, 5.41) is 10.9. The highest BCUT2D eigenvalue weighted by atomic mass is 79.9. The maximum absolute atomic E-state index is 11.3. The quantitative estimate of drug-likeness (QED) is 0.681. The van der Waals surface area contributed by atoms with E-state index in [0.717, 1.165) is 9.17 Å². The molecule has 0 unspecified atom stereocenters. The Hall–Kier alpha value is -1.20. The molecule has 2 rings (SSSR count). The molecule has 0 bridgehead atoms. The second-order valence-electron chi connectivity index (χ2n) is 2.90. The Kier molecular flexibility index (Phi) is 2.58. The van der Waals surface area contributed by atoms with Crippen LogP contribution in [0.15, 0.2) is 28.1 Å². The molecule has 1 N–H and O–H groups in total. The molecule has 0 saturated carbocycles. The van der Waals surface area contributed by atoms with E-state index >= 15 is 0 Å². The monoisotopic (exact) mass is 284 g/mol. The van der Waals surface area contributed by atoms with E-state index in [0.29, 0.717) is 5.39 Å². The number of halogens is 1. The van der Waals surface area contributed by atoms with Crippen LogP contribution in [-0.4, -0.2) is 16.9 Å². The van der Waals surface area contributed by atoms with E-state index in [1.54, 1.807) is 17.5 Å². The van der Waals surface area contributed by atoms with Crippen LogP contribution in [0.4, 0.5) is 0 Å².